The molecule has 0 saturated heterocycles. The SMILES string of the molecule is COC(=O)[C@@](C)(S)[C@H](C)N. The Balaban J connectivity index is 4.24. The molecule has 0 amide bonds. The van der Waals surface area contributed by atoms with Crippen LogP contribution < -0.4 is 5.73 Å². The summed E-state index contributed by atoms with van der Waals surface area (Å²) in [7, 11) is 1.32. The Morgan fingerprint density at radius 3 is 2.30 bits per heavy atom. The fourth-order valence-corrected chi connectivity index (χ4v) is 0.484. The summed E-state index contributed by atoms with van der Waals surface area (Å²) in [6.45, 7) is 3.34. The number of carbonyl (C=O) groups is 1. The van der Waals surface area contributed by atoms with Crippen molar-refractivity contribution >= 4 is 18.6 Å². The van der Waals surface area contributed by atoms with Crippen molar-refractivity contribution in [2.45, 2.75) is 24.6 Å². The van der Waals surface area contributed by atoms with Crippen LogP contribution in [0.1, 0.15) is 13.8 Å². The van der Waals surface area contributed by atoms with Crippen LogP contribution in [0.4, 0.5) is 0 Å². The van der Waals surface area contributed by atoms with E-state index in [1.54, 1.807) is 13.8 Å². The zero-order chi connectivity index (χ0) is 8.36. The minimum Gasteiger partial charge on any atom is -0.468 e. The normalized spacial score (nSPS) is 19.3. The van der Waals surface area contributed by atoms with Crippen LogP contribution in [0.25, 0.3) is 0 Å². The molecule has 2 atom stereocenters. The fraction of sp³-hybridized carbons (Fsp3) is 0.833. The van der Waals surface area contributed by atoms with E-state index in [9.17, 15) is 4.79 Å². The number of thiol groups is 1. The van der Waals surface area contributed by atoms with E-state index in [4.69, 9.17) is 5.73 Å². The lowest BCUT2D eigenvalue weighted by Gasteiger charge is -2.23. The quantitative estimate of drug-likeness (QED) is 0.451. The van der Waals surface area contributed by atoms with Crippen molar-refractivity contribution in [2.24, 2.45) is 5.73 Å². The van der Waals surface area contributed by atoms with Gasteiger partial charge in [-0.05, 0) is 13.8 Å². The zero-order valence-electron chi connectivity index (χ0n) is 6.42. The average molecular weight is 163 g/mol. The minimum atomic E-state index is -0.880. The van der Waals surface area contributed by atoms with Gasteiger partial charge in [0.1, 0.15) is 4.75 Å². The third-order valence-corrected chi connectivity index (χ3v) is 2.08. The van der Waals surface area contributed by atoms with E-state index in [-0.39, 0.29) is 6.04 Å². The molecule has 4 heteroatoms. The summed E-state index contributed by atoms with van der Waals surface area (Å²) in [4.78, 5) is 10.9. The Kier molecular flexibility index (Phi) is 3.18. The van der Waals surface area contributed by atoms with Crippen LogP contribution in [0.5, 0.6) is 0 Å². The highest BCUT2D eigenvalue weighted by Crippen LogP contribution is 2.18. The van der Waals surface area contributed by atoms with Gasteiger partial charge in [-0.3, -0.25) is 4.79 Å². The first-order valence-electron chi connectivity index (χ1n) is 2.99. The lowest BCUT2D eigenvalue weighted by atomic mass is 10.0. The number of ether oxygens (including phenoxy) is 1. The zero-order valence-corrected chi connectivity index (χ0v) is 7.31. The van der Waals surface area contributed by atoms with Gasteiger partial charge < -0.3 is 10.5 Å². The molecular formula is C6H13NO2S. The van der Waals surface area contributed by atoms with E-state index in [1.807, 2.05) is 0 Å². The van der Waals surface area contributed by atoms with Crippen molar-refractivity contribution in [3.63, 3.8) is 0 Å². The van der Waals surface area contributed by atoms with Crippen LogP contribution in [0.2, 0.25) is 0 Å². The molecule has 0 aliphatic rings. The van der Waals surface area contributed by atoms with Gasteiger partial charge in [-0.1, -0.05) is 0 Å². The van der Waals surface area contributed by atoms with Gasteiger partial charge >= 0.3 is 5.97 Å². The van der Waals surface area contributed by atoms with Crippen LogP contribution in [-0.2, 0) is 9.53 Å². The van der Waals surface area contributed by atoms with Crippen molar-refractivity contribution in [3.8, 4) is 0 Å². The number of hydrogen-bond donors (Lipinski definition) is 2. The molecule has 0 saturated carbocycles. The molecule has 0 aromatic rings. The van der Waals surface area contributed by atoms with E-state index in [2.05, 4.69) is 17.4 Å². The predicted molar refractivity (Wildman–Crippen MR) is 43.1 cm³/mol. The maximum Gasteiger partial charge on any atom is 0.322 e. The molecule has 0 bridgehead atoms. The van der Waals surface area contributed by atoms with Gasteiger partial charge in [0.05, 0.1) is 7.11 Å². The molecule has 0 heterocycles. The van der Waals surface area contributed by atoms with E-state index in [1.165, 1.54) is 7.11 Å². The van der Waals surface area contributed by atoms with Gasteiger partial charge in [0.2, 0.25) is 0 Å². The monoisotopic (exact) mass is 163 g/mol. The Morgan fingerprint density at radius 1 is 1.80 bits per heavy atom. The van der Waals surface area contributed by atoms with E-state index >= 15 is 0 Å². The van der Waals surface area contributed by atoms with Gasteiger partial charge in [-0.2, -0.15) is 12.6 Å². The first-order valence-corrected chi connectivity index (χ1v) is 3.44. The Hall–Kier alpha value is -0.220. The number of esters is 1. The first kappa shape index (κ1) is 9.78. The van der Waals surface area contributed by atoms with Crippen LogP contribution in [-0.4, -0.2) is 23.9 Å². The highest BCUT2D eigenvalue weighted by Gasteiger charge is 2.33. The summed E-state index contributed by atoms with van der Waals surface area (Å²) in [5.74, 6) is -0.397. The van der Waals surface area contributed by atoms with Crippen molar-refractivity contribution in [1.82, 2.24) is 0 Å². The molecule has 60 valence electrons. The van der Waals surface area contributed by atoms with E-state index in [0.29, 0.717) is 0 Å². The molecule has 0 spiro atoms. The van der Waals surface area contributed by atoms with E-state index < -0.39 is 10.7 Å². The third kappa shape index (κ3) is 1.88. The van der Waals surface area contributed by atoms with Gasteiger partial charge in [-0.15, -0.1) is 0 Å². The number of hydrogen-bond acceptors (Lipinski definition) is 4. The van der Waals surface area contributed by atoms with Gasteiger partial charge in [0, 0.05) is 6.04 Å². The van der Waals surface area contributed by atoms with Gasteiger partial charge in [0.25, 0.3) is 0 Å². The fourth-order valence-electron chi connectivity index (χ4n) is 0.393. The summed E-state index contributed by atoms with van der Waals surface area (Å²) in [6.07, 6.45) is 0. The number of nitrogens with two attached hydrogens (primary N) is 1. The number of rotatable bonds is 2. The topological polar surface area (TPSA) is 52.3 Å². The second-order valence-corrected chi connectivity index (χ2v) is 3.36. The largest absolute Gasteiger partial charge is 0.468 e. The Morgan fingerprint density at radius 2 is 2.20 bits per heavy atom. The molecule has 0 aromatic carbocycles. The second kappa shape index (κ2) is 3.25. The van der Waals surface area contributed by atoms with Crippen LogP contribution in [0.15, 0.2) is 0 Å². The molecule has 0 aliphatic carbocycles. The number of methoxy groups -OCH3 is 1. The van der Waals surface area contributed by atoms with Crippen LogP contribution in [0.3, 0.4) is 0 Å². The molecule has 3 nitrogen and oxygen atoms in total. The standard InChI is InChI=1S/C6H13NO2S/c1-4(7)6(2,10)5(8)9-3/h4,10H,7H2,1-3H3/t4-,6-/m0/s1. The molecule has 0 unspecified atom stereocenters. The van der Waals surface area contributed by atoms with Crippen molar-refractivity contribution < 1.29 is 9.53 Å². The molecule has 2 N–H and O–H groups in total. The van der Waals surface area contributed by atoms with E-state index in [0.717, 1.165) is 0 Å². The maximum absolute atomic E-state index is 10.9. The molecule has 0 fully saturated rings. The summed E-state index contributed by atoms with van der Waals surface area (Å²) in [6, 6.07) is -0.316. The highest BCUT2D eigenvalue weighted by atomic mass is 32.1. The van der Waals surface area contributed by atoms with Crippen LogP contribution >= 0.6 is 12.6 Å². The third-order valence-electron chi connectivity index (χ3n) is 1.49. The average Bonchev–Trinajstić information content (AvgIpc) is 1.86. The summed E-state index contributed by atoms with van der Waals surface area (Å²) in [5.41, 5.74) is 5.47. The second-order valence-electron chi connectivity index (χ2n) is 2.43. The van der Waals surface area contributed by atoms with Crippen molar-refractivity contribution in [1.29, 1.82) is 0 Å². The molecule has 10 heavy (non-hydrogen) atoms. The lowest BCUT2D eigenvalue weighted by molar-refractivity contribution is -0.143. The smallest absolute Gasteiger partial charge is 0.322 e. The lowest BCUT2D eigenvalue weighted by Crippen LogP contribution is -2.46. The summed E-state index contributed by atoms with van der Waals surface area (Å²) >= 11 is 4.06. The molecule has 0 aromatic heterocycles. The maximum atomic E-state index is 10.9. The highest BCUT2D eigenvalue weighted by molar-refractivity contribution is 7.82. The first-order chi connectivity index (χ1) is 4.42. The van der Waals surface area contributed by atoms with Crippen molar-refractivity contribution in [2.75, 3.05) is 7.11 Å². The minimum absolute atomic E-state index is 0.316. The summed E-state index contributed by atoms with van der Waals surface area (Å²) in [5, 5.41) is 0. The molecular weight excluding hydrogens is 150 g/mol. The Bertz CT molecular complexity index is 134. The van der Waals surface area contributed by atoms with Crippen molar-refractivity contribution in [3.05, 3.63) is 0 Å². The summed E-state index contributed by atoms with van der Waals surface area (Å²) < 4.78 is 3.60. The number of carbonyl (C=O) groups excluding carboxylic acids is 1. The predicted octanol–water partition coefficient (Wildman–Crippen LogP) is 0.195. The molecule has 0 aliphatic heterocycles. The van der Waals surface area contributed by atoms with Gasteiger partial charge in [0.15, 0.2) is 0 Å². The molecule has 0 radical (unpaired) electrons. The van der Waals surface area contributed by atoms with Gasteiger partial charge in [-0.25, -0.2) is 0 Å². The Labute approximate surface area is 66.3 Å². The molecule has 0 rings (SSSR count). The van der Waals surface area contributed by atoms with Crippen LogP contribution in [0, 0.1) is 0 Å².